The smallest absolute Gasteiger partial charge is 0.317 e. The van der Waals surface area contributed by atoms with E-state index in [2.05, 4.69) is 10.2 Å². The zero-order chi connectivity index (χ0) is 10.6. The molecule has 4 nitrogen and oxygen atoms in total. The van der Waals surface area contributed by atoms with Crippen molar-refractivity contribution in [2.75, 3.05) is 33.7 Å². The highest BCUT2D eigenvalue weighted by atomic mass is 16.2. The van der Waals surface area contributed by atoms with Gasteiger partial charge in [0.25, 0.3) is 0 Å². The largest absolute Gasteiger partial charge is 0.334 e. The van der Waals surface area contributed by atoms with Crippen molar-refractivity contribution in [3.63, 3.8) is 0 Å². The van der Waals surface area contributed by atoms with Gasteiger partial charge in [-0.1, -0.05) is 0 Å². The maximum atomic E-state index is 11.6. The van der Waals surface area contributed by atoms with Gasteiger partial charge in [0.15, 0.2) is 0 Å². The van der Waals surface area contributed by atoms with Crippen LogP contribution in [-0.2, 0) is 0 Å². The van der Waals surface area contributed by atoms with E-state index < -0.39 is 0 Å². The molecule has 0 spiro atoms. The number of nitrogens with one attached hydrogen (secondary N) is 1. The van der Waals surface area contributed by atoms with E-state index in [0.717, 1.165) is 32.5 Å². The summed E-state index contributed by atoms with van der Waals surface area (Å²) >= 11 is 0. The second-order valence-corrected chi connectivity index (χ2v) is 4.31. The maximum Gasteiger partial charge on any atom is 0.317 e. The van der Waals surface area contributed by atoms with E-state index in [4.69, 9.17) is 0 Å². The normalized spacial score (nSPS) is 18.7. The fourth-order valence-electron chi connectivity index (χ4n) is 1.82. The fourth-order valence-corrected chi connectivity index (χ4v) is 1.82. The molecule has 0 radical (unpaired) electrons. The third-order valence-electron chi connectivity index (χ3n) is 2.40. The van der Waals surface area contributed by atoms with Crippen molar-refractivity contribution < 1.29 is 4.79 Å². The van der Waals surface area contributed by atoms with Crippen LogP contribution in [-0.4, -0.2) is 55.6 Å². The van der Waals surface area contributed by atoms with Gasteiger partial charge in [-0.3, -0.25) is 0 Å². The van der Waals surface area contributed by atoms with Crippen LogP contribution >= 0.6 is 0 Å². The van der Waals surface area contributed by atoms with Crippen molar-refractivity contribution in [3.05, 3.63) is 0 Å². The van der Waals surface area contributed by atoms with Crippen LogP contribution in [0, 0.1) is 0 Å². The summed E-state index contributed by atoms with van der Waals surface area (Å²) in [5.74, 6) is 0. The second kappa shape index (κ2) is 5.20. The number of hydrogen-bond acceptors (Lipinski definition) is 2. The van der Waals surface area contributed by atoms with E-state index in [9.17, 15) is 4.79 Å². The van der Waals surface area contributed by atoms with E-state index >= 15 is 0 Å². The third kappa shape index (κ3) is 3.54. The van der Waals surface area contributed by atoms with Gasteiger partial charge in [-0.15, -0.1) is 0 Å². The predicted octanol–water partition coefficient (Wildman–Crippen LogP) is 0.742. The molecule has 1 unspecified atom stereocenters. The second-order valence-electron chi connectivity index (χ2n) is 4.31. The number of rotatable bonds is 3. The molecule has 0 aromatic rings. The number of carbonyl (C=O) groups is 1. The molecule has 1 heterocycles. The van der Waals surface area contributed by atoms with E-state index in [1.807, 2.05) is 25.9 Å². The van der Waals surface area contributed by atoms with Crippen molar-refractivity contribution in [1.29, 1.82) is 0 Å². The Balaban J connectivity index is 2.25. The molecule has 1 N–H and O–H groups in total. The first-order valence-electron chi connectivity index (χ1n) is 5.30. The summed E-state index contributed by atoms with van der Waals surface area (Å²) in [5.41, 5.74) is 0. The van der Waals surface area contributed by atoms with Crippen molar-refractivity contribution in [2.45, 2.75) is 25.8 Å². The lowest BCUT2D eigenvalue weighted by atomic mass is 10.3. The molecule has 1 saturated heterocycles. The summed E-state index contributed by atoms with van der Waals surface area (Å²) in [4.78, 5) is 15.6. The molecule has 82 valence electrons. The van der Waals surface area contributed by atoms with Gasteiger partial charge in [0, 0.05) is 25.7 Å². The number of likely N-dealkylation sites (N-methyl/N-ethyl adjacent to an activating group) is 1. The number of amides is 2. The average molecular weight is 199 g/mol. The Morgan fingerprint density at radius 3 is 2.50 bits per heavy atom. The number of urea groups is 1. The van der Waals surface area contributed by atoms with Gasteiger partial charge in [-0.25, -0.2) is 4.79 Å². The molecule has 1 rings (SSSR count). The lowest BCUT2D eigenvalue weighted by molar-refractivity contribution is 0.202. The molecule has 0 aromatic carbocycles. The quantitative estimate of drug-likeness (QED) is 0.727. The Labute approximate surface area is 86.2 Å². The molecule has 4 heteroatoms. The topological polar surface area (TPSA) is 35.6 Å². The Bertz CT molecular complexity index is 188. The molecule has 1 fully saturated rings. The molecule has 0 aliphatic carbocycles. The first-order chi connectivity index (χ1) is 6.59. The zero-order valence-corrected chi connectivity index (χ0v) is 9.42. The van der Waals surface area contributed by atoms with Crippen LogP contribution in [0.5, 0.6) is 0 Å². The molecule has 1 aliphatic heterocycles. The SMILES string of the molecule is CC(CN(C)C)NC(=O)N1CCCC1. The van der Waals surface area contributed by atoms with Crippen molar-refractivity contribution in [1.82, 2.24) is 15.1 Å². The monoisotopic (exact) mass is 199 g/mol. The minimum atomic E-state index is 0.0943. The Morgan fingerprint density at radius 1 is 1.43 bits per heavy atom. The molecule has 1 atom stereocenters. The van der Waals surface area contributed by atoms with Crippen LogP contribution in [0.2, 0.25) is 0 Å². The van der Waals surface area contributed by atoms with Crippen LogP contribution in [0.3, 0.4) is 0 Å². The summed E-state index contributed by atoms with van der Waals surface area (Å²) in [6.45, 7) is 4.76. The molecular formula is C10H21N3O. The van der Waals surface area contributed by atoms with E-state index in [0.29, 0.717) is 0 Å². The highest BCUT2D eigenvalue weighted by molar-refractivity contribution is 5.74. The van der Waals surface area contributed by atoms with E-state index in [1.165, 1.54) is 0 Å². The molecule has 0 aromatic heterocycles. The van der Waals surface area contributed by atoms with Crippen LogP contribution in [0.15, 0.2) is 0 Å². The minimum absolute atomic E-state index is 0.0943. The fraction of sp³-hybridized carbons (Fsp3) is 0.900. The average Bonchev–Trinajstić information content (AvgIpc) is 2.53. The van der Waals surface area contributed by atoms with Gasteiger partial charge in [0.2, 0.25) is 0 Å². The lowest BCUT2D eigenvalue weighted by Gasteiger charge is -2.22. The Morgan fingerprint density at radius 2 is 2.00 bits per heavy atom. The van der Waals surface area contributed by atoms with Crippen LogP contribution in [0.25, 0.3) is 0 Å². The molecule has 1 aliphatic rings. The number of likely N-dealkylation sites (tertiary alicyclic amines) is 1. The summed E-state index contributed by atoms with van der Waals surface area (Å²) in [5, 5.41) is 3.00. The minimum Gasteiger partial charge on any atom is -0.334 e. The van der Waals surface area contributed by atoms with Gasteiger partial charge >= 0.3 is 6.03 Å². The lowest BCUT2D eigenvalue weighted by Crippen LogP contribution is -2.45. The van der Waals surface area contributed by atoms with Gasteiger partial charge in [-0.05, 0) is 33.9 Å². The summed E-state index contributed by atoms with van der Waals surface area (Å²) < 4.78 is 0. The van der Waals surface area contributed by atoms with Crippen LogP contribution < -0.4 is 5.32 Å². The third-order valence-corrected chi connectivity index (χ3v) is 2.40. The van der Waals surface area contributed by atoms with Crippen LogP contribution in [0.1, 0.15) is 19.8 Å². The van der Waals surface area contributed by atoms with E-state index in [-0.39, 0.29) is 12.1 Å². The van der Waals surface area contributed by atoms with Crippen LogP contribution in [0.4, 0.5) is 4.79 Å². The summed E-state index contributed by atoms with van der Waals surface area (Å²) in [6, 6.07) is 0.315. The number of nitrogens with zero attached hydrogens (tertiary/aromatic N) is 2. The van der Waals surface area contributed by atoms with Gasteiger partial charge < -0.3 is 15.1 Å². The molecular weight excluding hydrogens is 178 g/mol. The first-order valence-corrected chi connectivity index (χ1v) is 5.30. The van der Waals surface area contributed by atoms with Gasteiger partial charge in [0.05, 0.1) is 0 Å². The number of carbonyl (C=O) groups excluding carboxylic acids is 1. The summed E-state index contributed by atoms with van der Waals surface area (Å²) in [6.07, 6.45) is 2.30. The van der Waals surface area contributed by atoms with Gasteiger partial charge in [-0.2, -0.15) is 0 Å². The molecule has 2 amide bonds. The molecule has 14 heavy (non-hydrogen) atoms. The summed E-state index contributed by atoms with van der Waals surface area (Å²) in [7, 11) is 4.02. The highest BCUT2D eigenvalue weighted by Crippen LogP contribution is 2.07. The molecule has 0 bridgehead atoms. The first kappa shape index (κ1) is 11.3. The highest BCUT2D eigenvalue weighted by Gasteiger charge is 2.18. The Kier molecular flexibility index (Phi) is 4.20. The zero-order valence-electron chi connectivity index (χ0n) is 9.42. The Hall–Kier alpha value is -0.770. The standard InChI is InChI=1S/C10H21N3O/c1-9(8-12(2)3)11-10(14)13-6-4-5-7-13/h9H,4-8H2,1-3H3,(H,11,14). The van der Waals surface area contributed by atoms with E-state index in [1.54, 1.807) is 0 Å². The van der Waals surface area contributed by atoms with Crippen molar-refractivity contribution in [3.8, 4) is 0 Å². The van der Waals surface area contributed by atoms with Crippen molar-refractivity contribution >= 4 is 6.03 Å². The van der Waals surface area contributed by atoms with Crippen molar-refractivity contribution in [2.24, 2.45) is 0 Å². The maximum absolute atomic E-state index is 11.6. The number of hydrogen-bond donors (Lipinski definition) is 1. The van der Waals surface area contributed by atoms with Gasteiger partial charge in [0.1, 0.15) is 0 Å². The molecule has 0 saturated carbocycles. The predicted molar refractivity (Wildman–Crippen MR) is 57.4 cm³/mol.